The molecule has 0 aliphatic carbocycles. The zero-order chi connectivity index (χ0) is 17.5. The third-order valence-electron chi connectivity index (χ3n) is 4.16. The lowest BCUT2D eigenvalue weighted by atomic mass is 10.1. The van der Waals surface area contributed by atoms with Crippen LogP contribution in [0.5, 0.6) is 5.75 Å². The van der Waals surface area contributed by atoms with Crippen molar-refractivity contribution >= 4 is 5.91 Å². The van der Waals surface area contributed by atoms with Crippen molar-refractivity contribution in [2.24, 2.45) is 0 Å². The molecule has 0 N–H and O–H groups in total. The maximum atomic E-state index is 13.7. The van der Waals surface area contributed by atoms with Crippen LogP contribution in [-0.4, -0.2) is 29.4 Å². The van der Waals surface area contributed by atoms with Gasteiger partial charge in [0.05, 0.1) is 13.2 Å². The summed E-state index contributed by atoms with van der Waals surface area (Å²) >= 11 is 0. The fourth-order valence-electron chi connectivity index (χ4n) is 2.75. The number of methoxy groups -OCH3 is 1. The normalized spacial score (nSPS) is 11.8. The molecule has 128 valence electrons. The van der Waals surface area contributed by atoms with E-state index in [0.717, 1.165) is 11.1 Å². The van der Waals surface area contributed by atoms with Crippen LogP contribution in [0.15, 0.2) is 42.7 Å². The highest BCUT2D eigenvalue weighted by molar-refractivity contribution is 5.77. The van der Waals surface area contributed by atoms with Gasteiger partial charge in [0.25, 0.3) is 0 Å². The Morgan fingerprint density at radius 3 is 2.58 bits per heavy atom. The topological polar surface area (TPSA) is 42.4 Å². The Labute approximate surface area is 142 Å². The molecule has 4 nitrogen and oxygen atoms in total. The molecule has 2 aromatic rings. The van der Waals surface area contributed by atoms with Crippen LogP contribution < -0.4 is 4.74 Å². The van der Waals surface area contributed by atoms with Crippen LogP contribution in [0, 0.1) is 5.82 Å². The van der Waals surface area contributed by atoms with E-state index < -0.39 is 5.82 Å². The number of rotatable bonds is 7. The molecule has 2 rings (SSSR count). The van der Waals surface area contributed by atoms with Crippen molar-refractivity contribution < 1.29 is 13.9 Å². The number of carbonyl (C=O) groups is 1. The van der Waals surface area contributed by atoms with Gasteiger partial charge in [-0.05, 0) is 55.7 Å². The van der Waals surface area contributed by atoms with Crippen molar-refractivity contribution in [3.8, 4) is 5.75 Å². The number of aromatic nitrogens is 1. The van der Waals surface area contributed by atoms with Crippen molar-refractivity contribution in [1.82, 2.24) is 9.88 Å². The Kier molecular flexibility index (Phi) is 6.29. The molecule has 1 amide bonds. The van der Waals surface area contributed by atoms with Gasteiger partial charge in [-0.2, -0.15) is 0 Å². The van der Waals surface area contributed by atoms with Crippen molar-refractivity contribution in [3.63, 3.8) is 0 Å². The molecule has 1 atom stereocenters. The summed E-state index contributed by atoms with van der Waals surface area (Å²) in [6.45, 7) is 4.59. The standard InChI is InChI=1S/C19H23FN2O2/c1-4-22(14(2)16-9-11-21-12-10-16)19(23)8-6-15-5-7-18(24-3)17(20)13-15/h5,7,9-14H,4,6,8H2,1-3H3/t14-/m0/s1. The molecule has 1 heterocycles. The Bertz CT molecular complexity index is 676. The average molecular weight is 330 g/mol. The lowest BCUT2D eigenvalue weighted by molar-refractivity contribution is -0.133. The summed E-state index contributed by atoms with van der Waals surface area (Å²) in [5.74, 6) is -0.135. The van der Waals surface area contributed by atoms with E-state index in [1.807, 2.05) is 30.9 Å². The van der Waals surface area contributed by atoms with E-state index in [4.69, 9.17) is 4.74 Å². The molecule has 0 radical (unpaired) electrons. The summed E-state index contributed by atoms with van der Waals surface area (Å²) < 4.78 is 18.6. The van der Waals surface area contributed by atoms with E-state index in [2.05, 4.69) is 4.98 Å². The van der Waals surface area contributed by atoms with Crippen LogP contribution >= 0.6 is 0 Å². The van der Waals surface area contributed by atoms with E-state index in [-0.39, 0.29) is 17.7 Å². The van der Waals surface area contributed by atoms with Crippen LogP contribution in [0.2, 0.25) is 0 Å². The first kappa shape index (κ1) is 17.9. The van der Waals surface area contributed by atoms with Crippen LogP contribution in [0.3, 0.4) is 0 Å². The molecule has 1 aromatic heterocycles. The number of nitrogens with zero attached hydrogens (tertiary/aromatic N) is 2. The van der Waals surface area contributed by atoms with Crippen LogP contribution in [0.25, 0.3) is 0 Å². The van der Waals surface area contributed by atoms with Gasteiger partial charge in [0.2, 0.25) is 5.91 Å². The second-order valence-electron chi connectivity index (χ2n) is 5.61. The largest absolute Gasteiger partial charge is 0.494 e. The van der Waals surface area contributed by atoms with Gasteiger partial charge in [0.1, 0.15) is 0 Å². The summed E-state index contributed by atoms with van der Waals surface area (Å²) in [5.41, 5.74) is 1.84. The second-order valence-corrected chi connectivity index (χ2v) is 5.61. The fraction of sp³-hybridized carbons (Fsp3) is 0.368. The number of hydrogen-bond acceptors (Lipinski definition) is 3. The number of hydrogen-bond donors (Lipinski definition) is 0. The van der Waals surface area contributed by atoms with Crippen LogP contribution in [0.4, 0.5) is 4.39 Å². The minimum Gasteiger partial charge on any atom is -0.494 e. The first-order valence-electron chi connectivity index (χ1n) is 8.08. The van der Waals surface area contributed by atoms with Gasteiger partial charge in [-0.15, -0.1) is 0 Å². The van der Waals surface area contributed by atoms with E-state index in [0.29, 0.717) is 19.4 Å². The lowest BCUT2D eigenvalue weighted by Gasteiger charge is -2.28. The molecule has 0 aliphatic rings. The zero-order valence-electron chi connectivity index (χ0n) is 14.3. The Balaban J connectivity index is 2.00. The van der Waals surface area contributed by atoms with Gasteiger partial charge in [0.15, 0.2) is 11.6 Å². The molecule has 0 saturated heterocycles. The summed E-state index contributed by atoms with van der Waals surface area (Å²) in [6.07, 6.45) is 4.29. The lowest BCUT2D eigenvalue weighted by Crippen LogP contribution is -2.33. The van der Waals surface area contributed by atoms with Gasteiger partial charge >= 0.3 is 0 Å². The molecule has 0 spiro atoms. The van der Waals surface area contributed by atoms with Gasteiger partial charge in [-0.3, -0.25) is 9.78 Å². The van der Waals surface area contributed by atoms with Gasteiger partial charge in [0, 0.05) is 25.4 Å². The van der Waals surface area contributed by atoms with Gasteiger partial charge in [-0.25, -0.2) is 4.39 Å². The quantitative estimate of drug-likeness (QED) is 0.776. The summed E-state index contributed by atoms with van der Waals surface area (Å²) in [6, 6.07) is 8.62. The minimum atomic E-state index is -0.403. The molecule has 0 saturated carbocycles. The molecule has 1 aromatic carbocycles. The van der Waals surface area contributed by atoms with Crippen molar-refractivity contribution in [2.45, 2.75) is 32.7 Å². The monoisotopic (exact) mass is 330 g/mol. The number of ether oxygens (including phenoxy) is 1. The molecular weight excluding hydrogens is 307 g/mol. The third-order valence-corrected chi connectivity index (χ3v) is 4.16. The number of benzene rings is 1. The van der Waals surface area contributed by atoms with E-state index >= 15 is 0 Å². The van der Waals surface area contributed by atoms with Gasteiger partial charge < -0.3 is 9.64 Å². The molecule has 24 heavy (non-hydrogen) atoms. The van der Waals surface area contributed by atoms with Gasteiger partial charge in [-0.1, -0.05) is 6.07 Å². The highest BCUT2D eigenvalue weighted by Crippen LogP contribution is 2.22. The smallest absolute Gasteiger partial charge is 0.223 e. The average Bonchev–Trinajstić information content (AvgIpc) is 2.61. The molecule has 0 aliphatic heterocycles. The van der Waals surface area contributed by atoms with Crippen LogP contribution in [-0.2, 0) is 11.2 Å². The zero-order valence-corrected chi connectivity index (χ0v) is 14.3. The summed E-state index contributed by atoms with van der Waals surface area (Å²) in [7, 11) is 1.43. The number of carbonyl (C=O) groups excluding carboxylic acids is 1. The third kappa shape index (κ3) is 4.31. The Morgan fingerprint density at radius 1 is 1.29 bits per heavy atom. The first-order valence-corrected chi connectivity index (χ1v) is 8.08. The molecule has 0 fully saturated rings. The van der Waals surface area contributed by atoms with Crippen molar-refractivity contribution in [3.05, 3.63) is 59.7 Å². The Morgan fingerprint density at radius 2 is 2.00 bits per heavy atom. The molecule has 5 heteroatoms. The maximum Gasteiger partial charge on any atom is 0.223 e. The molecule has 0 bridgehead atoms. The van der Waals surface area contributed by atoms with Crippen molar-refractivity contribution in [2.75, 3.05) is 13.7 Å². The maximum absolute atomic E-state index is 13.7. The first-order chi connectivity index (χ1) is 11.6. The second kappa shape index (κ2) is 8.43. The fourth-order valence-corrected chi connectivity index (χ4v) is 2.75. The van der Waals surface area contributed by atoms with E-state index in [1.54, 1.807) is 24.5 Å². The number of pyridine rings is 1. The highest BCUT2D eigenvalue weighted by Gasteiger charge is 2.19. The number of amides is 1. The number of aryl methyl sites for hydroxylation is 1. The number of halogens is 1. The highest BCUT2D eigenvalue weighted by atomic mass is 19.1. The predicted molar refractivity (Wildman–Crippen MR) is 91.3 cm³/mol. The van der Waals surface area contributed by atoms with Crippen molar-refractivity contribution in [1.29, 1.82) is 0 Å². The summed E-state index contributed by atoms with van der Waals surface area (Å²) in [5, 5.41) is 0. The predicted octanol–water partition coefficient (Wildman–Crippen LogP) is 3.77. The van der Waals surface area contributed by atoms with E-state index in [1.165, 1.54) is 13.2 Å². The SMILES string of the molecule is CCN(C(=O)CCc1ccc(OC)c(F)c1)[C@@H](C)c1ccncc1. The van der Waals surface area contributed by atoms with E-state index in [9.17, 15) is 9.18 Å². The minimum absolute atomic E-state index is 0.0156. The van der Waals surface area contributed by atoms with Crippen LogP contribution in [0.1, 0.15) is 37.4 Å². The summed E-state index contributed by atoms with van der Waals surface area (Å²) in [4.78, 5) is 18.4. The molecule has 0 unspecified atom stereocenters. The Hall–Kier alpha value is -2.43. The molecular formula is C19H23FN2O2.